The molecule has 2 aromatic heterocycles. The van der Waals surface area contributed by atoms with E-state index in [-0.39, 0.29) is 11.9 Å². The topological polar surface area (TPSA) is 60.2 Å². The molecule has 3 aromatic rings. The molecule has 0 N–H and O–H groups in total. The molecule has 27 heavy (non-hydrogen) atoms. The summed E-state index contributed by atoms with van der Waals surface area (Å²) in [5.41, 5.74) is 2.94. The third-order valence-corrected chi connectivity index (χ3v) is 4.65. The van der Waals surface area contributed by atoms with Crippen LogP contribution in [0.1, 0.15) is 41.5 Å². The Labute approximate surface area is 163 Å². The van der Waals surface area contributed by atoms with Crippen molar-refractivity contribution in [3.63, 3.8) is 0 Å². The number of methoxy groups -OCH3 is 1. The number of fused-ring (bicyclic) bond motifs is 1. The summed E-state index contributed by atoms with van der Waals surface area (Å²) in [7, 11) is 3.36. The maximum Gasteiger partial charge on any atom is 0.254 e. The van der Waals surface area contributed by atoms with Crippen LogP contribution < -0.4 is 4.74 Å². The molecule has 0 radical (unpaired) electrons. The molecule has 0 spiro atoms. The first-order valence-electron chi connectivity index (χ1n) is 8.74. The number of hydrogen-bond donors (Lipinski definition) is 0. The van der Waals surface area contributed by atoms with E-state index in [2.05, 4.69) is 10.1 Å². The molecule has 0 unspecified atom stereocenters. The first kappa shape index (κ1) is 19.2. The van der Waals surface area contributed by atoms with Gasteiger partial charge in [0, 0.05) is 35.9 Å². The van der Waals surface area contributed by atoms with E-state index in [1.54, 1.807) is 37.4 Å². The molecule has 1 amide bonds. The molecular weight excluding hydrogens is 364 g/mol. The van der Waals surface area contributed by atoms with E-state index >= 15 is 0 Å². The number of hydrogen-bond acceptors (Lipinski definition) is 4. The summed E-state index contributed by atoms with van der Waals surface area (Å²) in [4.78, 5) is 19.4. The number of rotatable bonds is 5. The number of aromatic nitrogens is 3. The van der Waals surface area contributed by atoms with Crippen molar-refractivity contribution in [2.75, 3.05) is 14.2 Å². The zero-order valence-electron chi connectivity index (χ0n) is 16.2. The minimum Gasteiger partial charge on any atom is -0.496 e. The highest BCUT2D eigenvalue weighted by Crippen LogP contribution is 2.26. The lowest BCUT2D eigenvalue weighted by Gasteiger charge is -2.20. The fourth-order valence-electron chi connectivity index (χ4n) is 3.10. The van der Waals surface area contributed by atoms with Crippen molar-refractivity contribution in [3.05, 3.63) is 52.3 Å². The third-order valence-electron chi connectivity index (χ3n) is 4.41. The van der Waals surface area contributed by atoms with E-state index < -0.39 is 0 Å². The van der Waals surface area contributed by atoms with Gasteiger partial charge in [0.15, 0.2) is 5.65 Å². The zero-order valence-corrected chi connectivity index (χ0v) is 16.9. The molecule has 0 saturated carbocycles. The highest BCUT2D eigenvalue weighted by Gasteiger charge is 2.20. The number of amides is 1. The molecule has 0 fully saturated rings. The Morgan fingerprint density at radius 3 is 2.74 bits per heavy atom. The van der Waals surface area contributed by atoms with Crippen LogP contribution in [0.4, 0.5) is 0 Å². The monoisotopic (exact) mass is 386 g/mol. The fraction of sp³-hybridized carbons (Fsp3) is 0.350. The summed E-state index contributed by atoms with van der Waals surface area (Å²) >= 11 is 6.11. The molecule has 0 atom stereocenters. The van der Waals surface area contributed by atoms with Crippen LogP contribution >= 0.6 is 11.6 Å². The van der Waals surface area contributed by atoms with Crippen LogP contribution in [-0.4, -0.2) is 39.7 Å². The molecule has 3 rings (SSSR count). The Morgan fingerprint density at radius 2 is 2.07 bits per heavy atom. The maximum atomic E-state index is 13.2. The Morgan fingerprint density at radius 1 is 1.33 bits per heavy atom. The van der Waals surface area contributed by atoms with Gasteiger partial charge in [0.1, 0.15) is 5.75 Å². The lowest BCUT2D eigenvalue weighted by atomic mass is 10.1. The molecule has 7 heteroatoms. The standard InChI is InChI=1S/C20H23ClN4O2/c1-12(2)25-19-17(10-22-25)16(8-13(3)23-19)20(26)24(4)11-14-9-15(21)6-7-18(14)27-5/h6-10,12H,11H2,1-5H3. The average molecular weight is 387 g/mol. The summed E-state index contributed by atoms with van der Waals surface area (Å²) in [6.45, 7) is 6.34. The van der Waals surface area contributed by atoms with E-state index in [1.807, 2.05) is 37.6 Å². The van der Waals surface area contributed by atoms with Crippen LogP contribution in [0.25, 0.3) is 11.0 Å². The van der Waals surface area contributed by atoms with Gasteiger partial charge in [-0.15, -0.1) is 0 Å². The van der Waals surface area contributed by atoms with Gasteiger partial charge >= 0.3 is 0 Å². The van der Waals surface area contributed by atoms with Gasteiger partial charge in [-0.1, -0.05) is 11.6 Å². The Balaban J connectivity index is 1.97. The van der Waals surface area contributed by atoms with Crippen molar-refractivity contribution in [3.8, 4) is 5.75 Å². The number of carbonyl (C=O) groups is 1. The molecule has 0 aliphatic carbocycles. The van der Waals surface area contributed by atoms with Crippen molar-refractivity contribution in [1.82, 2.24) is 19.7 Å². The van der Waals surface area contributed by atoms with Crippen molar-refractivity contribution in [2.24, 2.45) is 0 Å². The molecule has 6 nitrogen and oxygen atoms in total. The summed E-state index contributed by atoms with van der Waals surface area (Å²) < 4.78 is 7.22. The van der Waals surface area contributed by atoms with Crippen LogP contribution in [-0.2, 0) is 6.54 Å². The summed E-state index contributed by atoms with van der Waals surface area (Å²) in [5, 5.41) is 5.76. The van der Waals surface area contributed by atoms with Crippen LogP contribution in [0, 0.1) is 6.92 Å². The van der Waals surface area contributed by atoms with E-state index in [9.17, 15) is 4.79 Å². The molecule has 2 heterocycles. The maximum absolute atomic E-state index is 13.2. The van der Waals surface area contributed by atoms with Gasteiger partial charge < -0.3 is 9.64 Å². The quantitative estimate of drug-likeness (QED) is 0.657. The SMILES string of the molecule is COc1ccc(Cl)cc1CN(C)C(=O)c1cc(C)nc2c1cnn2C(C)C. The highest BCUT2D eigenvalue weighted by molar-refractivity contribution is 6.30. The molecule has 0 saturated heterocycles. The van der Waals surface area contributed by atoms with Crippen molar-refractivity contribution >= 4 is 28.5 Å². The molecule has 0 aliphatic heterocycles. The Bertz CT molecular complexity index is 997. The third kappa shape index (κ3) is 3.76. The normalized spacial score (nSPS) is 11.2. The lowest BCUT2D eigenvalue weighted by Crippen LogP contribution is -2.26. The van der Waals surface area contributed by atoms with E-state index in [0.717, 1.165) is 22.3 Å². The predicted molar refractivity (Wildman–Crippen MR) is 106 cm³/mol. The minimum atomic E-state index is -0.101. The number of halogens is 1. The first-order valence-corrected chi connectivity index (χ1v) is 9.12. The Kier molecular flexibility index (Phi) is 5.37. The zero-order chi connectivity index (χ0) is 19.7. The van der Waals surface area contributed by atoms with Gasteiger partial charge in [-0.05, 0) is 45.0 Å². The van der Waals surface area contributed by atoms with Gasteiger partial charge in [-0.3, -0.25) is 4.79 Å². The van der Waals surface area contributed by atoms with Crippen LogP contribution in [0.3, 0.4) is 0 Å². The molecule has 0 aliphatic rings. The summed E-state index contributed by atoms with van der Waals surface area (Å²) in [5.74, 6) is 0.596. The second kappa shape index (κ2) is 7.56. The second-order valence-corrected chi connectivity index (χ2v) is 7.29. The largest absolute Gasteiger partial charge is 0.496 e. The van der Waals surface area contributed by atoms with Gasteiger partial charge in [-0.2, -0.15) is 5.10 Å². The van der Waals surface area contributed by atoms with Crippen molar-refractivity contribution in [1.29, 1.82) is 0 Å². The lowest BCUT2D eigenvalue weighted by molar-refractivity contribution is 0.0786. The highest BCUT2D eigenvalue weighted by atomic mass is 35.5. The average Bonchev–Trinajstić information content (AvgIpc) is 3.04. The van der Waals surface area contributed by atoms with E-state index in [1.165, 1.54) is 0 Å². The number of benzene rings is 1. The van der Waals surface area contributed by atoms with Crippen LogP contribution in [0.5, 0.6) is 5.75 Å². The number of pyridine rings is 1. The summed E-state index contributed by atoms with van der Waals surface area (Å²) in [6, 6.07) is 7.35. The molecule has 1 aromatic carbocycles. The number of aryl methyl sites for hydroxylation is 1. The van der Waals surface area contributed by atoms with Gasteiger partial charge in [0.2, 0.25) is 0 Å². The van der Waals surface area contributed by atoms with E-state index in [0.29, 0.717) is 22.9 Å². The number of carbonyl (C=O) groups excluding carboxylic acids is 1. The smallest absolute Gasteiger partial charge is 0.254 e. The van der Waals surface area contributed by atoms with E-state index in [4.69, 9.17) is 16.3 Å². The summed E-state index contributed by atoms with van der Waals surface area (Å²) in [6.07, 6.45) is 1.71. The number of ether oxygens (including phenoxy) is 1. The van der Waals surface area contributed by atoms with Crippen molar-refractivity contribution < 1.29 is 9.53 Å². The first-order chi connectivity index (χ1) is 12.8. The second-order valence-electron chi connectivity index (χ2n) is 6.85. The van der Waals surface area contributed by atoms with Gasteiger partial charge in [0.05, 0.1) is 24.3 Å². The molecule has 142 valence electrons. The fourth-order valence-corrected chi connectivity index (χ4v) is 3.30. The molecular formula is C20H23ClN4O2. The minimum absolute atomic E-state index is 0.101. The van der Waals surface area contributed by atoms with Gasteiger partial charge in [0.25, 0.3) is 5.91 Å². The van der Waals surface area contributed by atoms with Crippen LogP contribution in [0.2, 0.25) is 5.02 Å². The Hall–Kier alpha value is -2.60. The van der Waals surface area contributed by atoms with Crippen molar-refractivity contribution in [2.45, 2.75) is 33.4 Å². The number of nitrogens with zero attached hydrogens (tertiary/aromatic N) is 4. The van der Waals surface area contributed by atoms with Gasteiger partial charge in [-0.25, -0.2) is 9.67 Å². The predicted octanol–water partition coefficient (Wildman–Crippen LogP) is 4.25. The molecule has 0 bridgehead atoms. The van der Waals surface area contributed by atoms with Crippen LogP contribution in [0.15, 0.2) is 30.5 Å².